The zero-order valence-electron chi connectivity index (χ0n) is 17.4. The first kappa shape index (κ1) is 24.1. The molecule has 0 unspecified atom stereocenters. The minimum Gasteiger partial charge on any atom is -0.367 e. The van der Waals surface area contributed by atoms with Crippen LogP contribution in [0.15, 0.2) is 47.5 Å². The summed E-state index contributed by atoms with van der Waals surface area (Å²) in [6.07, 6.45) is -4.09. The molecule has 0 spiro atoms. The van der Waals surface area contributed by atoms with Crippen molar-refractivity contribution >= 4 is 17.7 Å². The van der Waals surface area contributed by atoms with Crippen molar-refractivity contribution in [1.29, 1.82) is 0 Å². The van der Waals surface area contributed by atoms with E-state index in [1.54, 1.807) is 37.4 Å². The lowest BCUT2D eigenvalue weighted by atomic mass is 10.1. The van der Waals surface area contributed by atoms with E-state index in [4.69, 9.17) is 0 Å². The largest absolute Gasteiger partial charge is 0.411 e. The normalized spacial score (nSPS) is 11.8. The summed E-state index contributed by atoms with van der Waals surface area (Å²) in [5.41, 5.74) is 2.40. The number of aliphatic imine (C=N–C) groups is 1. The second-order valence-corrected chi connectivity index (χ2v) is 6.74. The fourth-order valence-corrected chi connectivity index (χ4v) is 2.56. The molecule has 1 aromatic heterocycles. The highest BCUT2D eigenvalue weighted by atomic mass is 19.4. The third kappa shape index (κ3) is 9.94. The monoisotopic (exact) mass is 437 g/mol. The van der Waals surface area contributed by atoms with E-state index in [1.807, 2.05) is 19.1 Å². The van der Waals surface area contributed by atoms with Gasteiger partial charge in [0.05, 0.1) is 6.61 Å². The Morgan fingerprint density at radius 3 is 2.45 bits per heavy atom. The minimum absolute atomic E-state index is 0.101. The van der Waals surface area contributed by atoms with Crippen molar-refractivity contribution in [2.45, 2.75) is 32.7 Å². The van der Waals surface area contributed by atoms with Crippen molar-refractivity contribution < 1.29 is 22.7 Å². The fraction of sp³-hybridized carbons (Fsp3) is 0.381. The van der Waals surface area contributed by atoms with Crippen molar-refractivity contribution in [1.82, 2.24) is 15.6 Å². The van der Waals surface area contributed by atoms with Crippen molar-refractivity contribution in [2.75, 3.05) is 25.5 Å². The quantitative estimate of drug-likeness (QED) is 0.414. The van der Waals surface area contributed by atoms with Gasteiger partial charge in [0, 0.05) is 32.3 Å². The number of carbonyl (C=O) groups excluding carboxylic acids is 1. The Balaban J connectivity index is 1.69. The molecule has 1 amide bonds. The van der Waals surface area contributed by atoms with Crippen molar-refractivity contribution in [3.8, 4) is 0 Å². The van der Waals surface area contributed by atoms with Gasteiger partial charge >= 0.3 is 6.18 Å². The number of guanidine groups is 1. The summed E-state index contributed by atoms with van der Waals surface area (Å²) in [7, 11) is 1.62. The number of hydrogen-bond acceptors (Lipinski definition) is 4. The van der Waals surface area contributed by atoms with Gasteiger partial charge in [-0.25, -0.2) is 4.98 Å². The van der Waals surface area contributed by atoms with E-state index >= 15 is 0 Å². The van der Waals surface area contributed by atoms with Crippen molar-refractivity contribution in [3.05, 3.63) is 59.3 Å². The first-order valence-corrected chi connectivity index (χ1v) is 9.65. The molecule has 0 bridgehead atoms. The van der Waals surface area contributed by atoms with Gasteiger partial charge in [-0.3, -0.25) is 9.79 Å². The zero-order valence-corrected chi connectivity index (χ0v) is 17.4. The predicted octanol–water partition coefficient (Wildman–Crippen LogP) is 3.16. The molecule has 0 saturated heterocycles. The molecule has 7 nitrogen and oxygen atoms in total. The molecule has 0 atom stereocenters. The lowest BCUT2D eigenvalue weighted by Gasteiger charge is -2.12. The number of amides is 1. The van der Waals surface area contributed by atoms with Gasteiger partial charge in [0.15, 0.2) is 5.96 Å². The second kappa shape index (κ2) is 11.9. The van der Waals surface area contributed by atoms with Crippen LogP contribution in [0.25, 0.3) is 0 Å². The van der Waals surface area contributed by atoms with Gasteiger partial charge in [0.25, 0.3) is 0 Å². The maximum absolute atomic E-state index is 12.1. The lowest BCUT2D eigenvalue weighted by molar-refractivity contribution is -0.176. The van der Waals surface area contributed by atoms with E-state index in [-0.39, 0.29) is 18.9 Å². The third-order valence-corrected chi connectivity index (χ3v) is 4.04. The number of aryl methyl sites for hydroxylation is 1. The zero-order chi connectivity index (χ0) is 22.7. The number of benzene rings is 1. The summed E-state index contributed by atoms with van der Waals surface area (Å²) in [6, 6.07) is 12.4. The van der Waals surface area contributed by atoms with Gasteiger partial charge in [-0.15, -0.1) is 0 Å². The number of pyridine rings is 1. The van der Waals surface area contributed by atoms with Crippen LogP contribution in [0, 0.1) is 6.92 Å². The van der Waals surface area contributed by atoms with Crippen LogP contribution in [0.1, 0.15) is 23.2 Å². The van der Waals surface area contributed by atoms with Crippen LogP contribution < -0.4 is 16.0 Å². The number of aromatic nitrogens is 1. The first-order chi connectivity index (χ1) is 14.7. The number of hydrogen-bond donors (Lipinski definition) is 3. The number of anilines is 1. The molecule has 3 N–H and O–H groups in total. The van der Waals surface area contributed by atoms with Gasteiger partial charge in [-0.1, -0.05) is 30.3 Å². The van der Waals surface area contributed by atoms with Gasteiger partial charge in [0.2, 0.25) is 5.91 Å². The summed E-state index contributed by atoms with van der Waals surface area (Å²) in [6.45, 7) is 1.33. The maximum Gasteiger partial charge on any atom is 0.411 e. The number of carbonyl (C=O) groups is 1. The summed E-state index contributed by atoms with van der Waals surface area (Å²) < 4.78 is 40.9. The number of ether oxygens (including phenoxy) is 1. The van der Waals surface area contributed by atoms with E-state index in [2.05, 4.69) is 30.7 Å². The fourth-order valence-electron chi connectivity index (χ4n) is 2.56. The van der Waals surface area contributed by atoms with Gasteiger partial charge < -0.3 is 20.7 Å². The van der Waals surface area contributed by atoms with Crippen LogP contribution in [-0.2, 0) is 22.7 Å². The van der Waals surface area contributed by atoms with Crippen molar-refractivity contribution in [2.24, 2.45) is 4.99 Å². The smallest absolute Gasteiger partial charge is 0.367 e. The average molecular weight is 437 g/mol. The van der Waals surface area contributed by atoms with Gasteiger partial charge in [-0.05, 0) is 30.2 Å². The topological polar surface area (TPSA) is 87.6 Å². The SMILES string of the molecule is CN=C(NCCC(=O)Nc1cccc(C)n1)NCc1ccc(COCC(F)(F)F)cc1. The van der Waals surface area contributed by atoms with Crippen LogP contribution in [0.3, 0.4) is 0 Å². The highest BCUT2D eigenvalue weighted by molar-refractivity contribution is 5.90. The summed E-state index contributed by atoms with van der Waals surface area (Å²) >= 11 is 0. The molecule has 10 heteroatoms. The van der Waals surface area contributed by atoms with E-state index in [1.165, 1.54) is 0 Å². The van der Waals surface area contributed by atoms with Gasteiger partial charge in [-0.2, -0.15) is 13.2 Å². The first-order valence-electron chi connectivity index (χ1n) is 9.65. The summed E-state index contributed by atoms with van der Waals surface area (Å²) in [4.78, 5) is 20.3. The van der Waals surface area contributed by atoms with Crippen LogP contribution in [0.4, 0.5) is 19.0 Å². The molecule has 31 heavy (non-hydrogen) atoms. The van der Waals surface area contributed by atoms with E-state index in [0.29, 0.717) is 30.4 Å². The Bertz CT molecular complexity index is 870. The lowest BCUT2D eigenvalue weighted by Crippen LogP contribution is -2.38. The Morgan fingerprint density at radius 1 is 1.10 bits per heavy atom. The Hall–Kier alpha value is -3.14. The highest BCUT2D eigenvalue weighted by Gasteiger charge is 2.27. The number of alkyl halides is 3. The summed E-state index contributed by atoms with van der Waals surface area (Å²) in [5.74, 6) is 0.878. The minimum atomic E-state index is -4.33. The maximum atomic E-state index is 12.1. The number of rotatable bonds is 9. The third-order valence-electron chi connectivity index (χ3n) is 4.04. The molecular weight excluding hydrogens is 411 g/mol. The molecular formula is C21H26F3N5O2. The van der Waals surface area contributed by atoms with E-state index < -0.39 is 12.8 Å². The molecule has 0 saturated carbocycles. The van der Waals surface area contributed by atoms with Gasteiger partial charge in [0.1, 0.15) is 12.4 Å². The number of halogens is 3. The summed E-state index contributed by atoms with van der Waals surface area (Å²) in [5, 5.41) is 8.90. The predicted molar refractivity (Wildman–Crippen MR) is 113 cm³/mol. The Morgan fingerprint density at radius 2 is 1.81 bits per heavy atom. The molecule has 0 aliphatic heterocycles. The van der Waals surface area contributed by atoms with Crippen LogP contribution >= 0.6 is 0 Å². The number of nitrogens with zero attached hydrogens (tertiary/aromatic N) is 2. The Kier molecular flexibility index (Phi) is 9.26. The highest BCUT2D eigenvalue weighted by Crippen LogP contribution is 2.15. The molecule has 0 radical (unpaired) electrons. The Labute approximate surface area is 179 Å². The van der Waals surface area contributed by atoms with Crippen LogP contribution in [0.5, 0.6) is 0 Å². The van der Waals surface area contributed by atoms with E-state index in [0.717, 1.165) is 11.3 Å². The van der Waals surface area contributed by atoms with Crippen LogP contribution in [-0.4, -0.2) is 43.2 Å². The average Bonchev–Trinajstić information content (AvgIpc) is 2.70. The van der Waals surface area contributed by atoms with Crippen molar-refractivity contribution in [3.63, 3.8) is 0 Å². The molecule has 0 aliphatic carbocycles. The molecule has 2 aromatic rings. The van der Waals surface area contributed by atoms with E-state index in [9.17, 15) is 18.0 Å². The molecule has 0 aliphatic rings. The molecule has 1 aromatic carbocycles. The molecule has 2 rings (SSSR count). The van der Waals surface area contributed by atoms with Crippen LogP contribution in [0.2, 0.25) is 0 Å². The molecule has 1 heterocycles. The number of nitrogens with one attached hydrogen (secondary N) is 3. The second-order valence-electron chi connectivity index (χ2n) is 6.74. The molecule has 0 fully saturated rings. The molecule has 168 valence electrons. The standard InChI is InChI=1S/C21H26F3N5O2/c1-15-4-3-5-18(28-15)29-19(30)10-11-26-20(25-2)27-12-16-6-8-17(9-7-16)13-31-14-21(22,23)24/h3-9H,10-14H2,1-2H3,(H2,25,26,27)(H,28,29,30).